The SMILES string of the molecule is CC(C)n1cncc1CCl.CC(C)n1cncc1CO.Cc1cc(=O)[nH]c(SCc2cncn2C(C)C)n1.O=CO[O-].O=S(Cl)Cl.[H-].[K+].[K+]. The third-order valence-electron chi connectivity index (χ3n) is 5.45. The van der Waals surface area contributed by atoms with Crippen LogP contribution in [0.2, 0.25) is 0 Å². The van der Waals surface area contributed by atoms with Crippen LogP contribution in [0.5, 0.6) is 0 Å². The number of nitrogens with one attached hydrogen (secondary N) is 1. The van der Waals surface area contributed by atoms with Crippen LogP contribution in [0.15, 0.2) is 53.6 Å². The van der Waals surface area contributed by atoms with Crippen molar-refractivity contribution in [2.24, 2.45) is 0 Å². The quantitative estimate of drug-likeness (QED) is 0.0306. The first-order valence-corrected chi connectivity index (χ1v) is 17.9. The number of aliphatic hydroxyl groups excluding tert-OH is 1. The zero-order chi connectivity index (χ0) is 35.2. The van der Waals surface area contributed by atoms with Crippen LogP contribution >= 0.6 is 44.7 Å². The van der Waals surface area contributed by atoms with Crippen molar-refractivity contribution in [1.29, 1.82) is 0 Å². The van der Waals surface area contributed by atoms with Crippen molar-refractivity contribution in [2.45, 2.75) is 90.0 Å². The van der Waals surface area contributed by atoms with E-state index in [2.05, 4.69) is 102 Å². The largest absolute Gasteiger partial charge is 1.00 e. The van der Waals surface area contributed by atoms with Crippen LogP contribution in [-0.4, -0.2) is 54.4 Å². The smallest absolute Gasteiger partial charge is 1.00 e. The van der Waals surface area contributed by atoms with Gasteiger partial charge in [-0.15, -0.1) is 11.6 Å². The Hall–Kier alpha value is 0.543. The summed E-state index contributed by atoms with van der Waals surface area (Å²) >= 11 is 7.17. The number of aryl methyl sites for hydroxylation is 1. The predicted molar refractivity (Wildman–Crippen MR) is 181 cm³/mol. The molecule has 0 aromatic carbocycles. The molecule has 0 unspecified atom stereocenters. The molecule has 0 atom stereocenters. The van der Waals surface area contributed by atoms with Crippen molar-refractivity contribution >= 4 is 60.4 Å². The van der Waals surface area contributed by atoms with Gasteiger partial charge in [0.15, 0.2) is 5.16 Å². The fourth-order valence-corrected chi connectivity index (χ4v) is 4.59. The Morgan fingerprint density at radius 3 is 1.69 bits per heavy atom. The molecular formula is C27H41Cl3K2N8O6S2. The summed E-state index contributed by atoms with van der Waals surface area (Å²) in [6.45, 7) is 14.3. The Bertz CT molecular complexity index is 1450. The minimum Gasteiger partial charge on any atom is -1.00 e. The third kappa shape index (κ3) is 23.2. The summed E-state index contributed by atoms with van der Waals surface area (Å²) in [6, 6.07) is 2.70. The Morgan fingerprint density at radius 2 is 1.35 bits per heavy atom. The van der Waals surface area contributed by atoms with Gasteiger partial charge in [-0.2, -0.15) is 0 Å². The standard InChI is InChI=1S/C12H16N4OS.C7H11ClN2.C7H12N2O.CH2O3.Cl2OS.2K.H/c1-8(2)16-7-13-5-10(16)6-18-12-14-9(3)4-11(17)15-12;1-6(2)10-5-9-4-7(10)3-8;1-6(2)9-5-8-3-7(9)4-10;2-1-4-3;1-4(2)3;;;/h4-5,7-8H,6H2,1-3H3,(H,14,15,17);4-6H,3H2,1-2H3;3,5-6,10H,4H2,1-2H3;1,3H;;;;/q;;;;;2*+1;-1/p-1. The first-order valence-electron chi connectivity index (χ1n) is 13.6. The maximum atomic E-state index is 11.3. The van der Waals surface area contributed by atoms with Crippen LogP contribution < -0.4 is 114 Å². The molecule has 2 N–H and O–H groups in total. The van der Waals surface area contributed by atoms with E-state index in [4.69, 9.17) is 31.0 Å². The van der Waals surface area contributed by atoms with E-state index in [1.165, 1.54) is 17.8 Å². The van der Waals surface area contributed by atoms with E-state index in [0.717, 1.165) is 28.5 Å². The average molecular weight is 822 g/mol. The van der Waals surface area contributed by atoms with E-state index < -0.39 is 9.23 Å². The molecule has 0 radical (unpaired) electrons. The summed E-state index contributed by atoms with van der Waals surface area (Å²) in [5.74, 6) is 1.28. The van der Waals surface area contributed by atoms with Gasteiger partial charge in [0.1, 0.15) is 0 Å². The number of carbonyl (C=O) groups is 1. The second-order valence-electron chi connectivity index (χ2n) is 9.81. The number of aromatic amines is 1. The Morgan fingerprint density at radius 1 is 0.958 bits per heavy atom. The fourth-order valence-electron chi connectivity index (χ4n) is 3.49. The van der Waals surface area contributed by atoms with Crippen molar-refractivity contribution in [3.05, 3.63) is 76.8 Å². The first-order chi connectivity index (χ1) is 21.7. The van der Waals surface area contributed by atoms with Gasteiger partial charge >= 0.3 is 103 Å². The number of thioether (sulfide) groups is 1. The number of alkyl halides is 1. The van der Waals surface area contributed by atoms with Crippen molar-refractivity contribution < 1.29 is 128 Å². The van der Waals surface area contributed by atoms with Crippen molar-refractivity contribution in [3.63, 3.8) is 0 Å². The topological polar surface area (TPSA) is 186 Å². The number of H-pyrrole nitrogens is 1. The number of hydrogen-bond donors (Lipinski definition) is 2. The molecule has 4 aromatic heterocycles. The fraction of sp³-hybridized carbons (Fsp3) is 0.481. The summed E-state index contributed by atoms with van der Waals surface area (Å²) in [7, 11) is 7.36. The van der Waals surface area contributed by atoms with Crippen LogP contribution in [0.25, 0.3) is 0 Å². The third-order valence-corrected chi connectivity index (χ3v) is 6.63. The Labute approximate surface area is 388 Å². The molecular weight excluding hydrogens is 781 g/mol. The number of aromatic nitrogens is 8. The second kappa shape index (κ2) is 31.1. The minimum atomic E-state index is -1.67. The molecule has 0 spiro atoms. The van der Waals surface area contributed by atoms with Crippen molar-refractivity contribution in [1.82, 2.24) is 38.6 Å². The van der Waals surface area contributed by atoms with Gasteiger partial charge in [-0.25, -0.2) is 24.1 Å². The summed E-state index contributed by atoms with van der Waals surface area (Å²) in [5.41, 5.74) is 3.70. The van der Waals surface area contributed by atoms with E-state index in [0.29, 0.717) is 29.2 Å². The number of aliphatic hydroxyl groups is 1. The molecule has 260 valence electrons. The zero-order valence-electron chi connectivity index (χ0n) is 29.5. The van der Waals surface area contributed by atoms with Crippen LogP contribution in [-0.2, 0) is 37.1 Å². The molecule has 14 nitrogen and oxygen atoms in total. The molecule has 48 heavy (non-hydrogen) atoms. The summed E-state index contributed by atoms with van der Waals surface area (Å²) < 4.78 is 15.2. The zero-order valence-corrected chi connectivity index (χ0v) is 38.7. The van der Waals surface area contributed by atoms with Gasteiger partial charge in [0.25, 0.3) is 12.0 Å². The first kappa shape index (κ1) is 52.9. The second-order valence-corrected chi connectivity index (χ2v) is 13.6. The van der Waals surface area contributed by atoms with Gasteiger partial charge in [-0.05, 0) is 48.5 Å². The number of rotatable bonds is 9. The van der Waals surface area contributed by atoms with Crippen LogP contribution in [0.4, 0.5) is 0 Å². The van der Waals surface area contributed by atoms with E-state index in [-0.39, 0.29) is 123 Å². The molecule has 4 rings (SSSR count). The molecule has 0 saturated heterocycles. The van der Waals surface area contributed by atoms with Gasteiger partial charge < -0.3 is 35.4 Å². The summed E-state index contributed by atoms with van der Waals surface area (Å²) in [4.78, 5) is 41.6. The number of imidazole rings is 3. The van der Waals surface area contributed by atoms with E-state index in [1.54, 1.807) is 18.7 Å². The summed E-state index contributed by atoms with van der Waals surface area (Å²) in [6.07, 6.45) is 10.7. The minimum absolute atomic E-state index is 0. The average Bonchev–Trinajstić information content (AvgIpc) is 3.76. The molecule has 0 saturated carbocycles. The molecule has 4 heterocycles. The van der Waals surface area contributed by atoms with E-state index in [1.807, 2.05) is 30.3 Å². The number of nitrogens with zero attached hydrogens (tertiary/aromatic N) is 7. The summed E-state index contributed by atoms with van der Waals surface area (Å²) in [5, 5.41) is 17.9. The van der Waals surface area contributed by atoms with Gasteiger partial charge in [-0.1, -0.05) is 11.8 Å². The van der Waals surface area contributed by atoms with Gasteiger partial charge in [0, 0.05) is 75.1 Å². The van der Waals surface area contributed by atoms with Crippen LogP contribution in [0, 0.1) is 6.92 Å². The Kier molecular flexibility index (Phi) is 34.3. The number of hydrogen-bond acceptors (Lipinski definition) is 11. The van der Waals surface area contributed by atoms with E-state index in [9.17, 15) is 4.79 Å². The van der Waals surface area contributed by atoms with Crippen LogP contribution in [0.3, 0.4) is 0 Å². The monoisotopic (exact) mass is 820 g/mol. The molecule has 0 aliphatic carbocycles. The normalized spacial score (nSPS) is 9.83. The molecule has 0 fully saturated rings. The maximum Gasteiger partial charge on any atom is 1.00 e. The van der Waals surface area contributed by atoms with Crippen molar-refractivity contribution in [3.8, 4) is 0 Å². The van der Waals surface area contributed by atoms with Gasteiger partial charge in [-0.3, -0.25) is 9.59 Å². The molecule has 0 aliphatic heterocycles. The van der Waals surface area contributed by atoms with Crippen LogP contribution in [0.1, 0.15) is 83.9 Å². The molecule has 0 amide bonds. The maximum absolute atomic E-state index is 11.3. The van der Waals surface area contributed by atoms with Gasteiger partial charge in [0.2, 0.25) is 9.23 Å². The molecule has 21 heteroatoms. The van der Waals surface area contributed by atoms with E-state index >= 15 is 0 Å². The molecule has 4 aromatic rings. The molecule has 0 aliphatic rings. The number of carbonyl (C=O) groups excluding carboxylic acids is 1. The number of halogens is 3. The Balaban J connectivity index is -0.000000283. The predicted octanol–water partition coefficient (Wildman–Crippen LogP) is -1.09. The molecule has 0 bridgehead atoms. The van der Waals surface area contributed by atoms with Crippen molar-refractivity contribution in [2.75, 3.05) is 0 Å². The van der Waals surface area contributed by atoms with Gasteiger partial charge in [0.05, 0.1) is 49.1 Å².